The third kappa shape index (κ3) is 2.90. The minimum absolute atomic E-state index is 0.0866. The van der Waals surface area contributed by atoms with E-state index < -0.39 is 0 Å². The van der Waals surface area contributed by atoms with Gasteiger partial charge in [-0.15, -0.1) is 0 Å². The lowest BCUT2D eigenvalue weighted by atomic mass is 9.83. The van der Waals surface area contributed by atoms with Gasteiger partial charge in [0.25, 0.3) is 0 Å². The van der Waals surface area contributed by atoms with Crippen LogP contribution < -0.4 is 0 Å². The van der Waals surface area contributed by atoms with Crippen molar-refractivity contribution in [2.24, 2.45) is 5.92 Å². The first-order valence-corrected chi connectivity index (χ1v) is 8.27. The molecule has 0 aromatic heterocycles. The van der Waals surface area contributed by atoms with Crippen LogP contribution in [0.3, 0.4) is 0 Å². The summed E-state index contributed by atoms with van der Waals surface area (Å²) in [7, 11) is 3.87. The number of hydrogen-bond acceptors (Lipinski definition) is 3. The number of carbonyl (C=O) groups is 1. The molecule has 1 aliphatic carbocycles. The van der Waals surface area contributed by atoms with Crippen LogP contribution in [0.5, 0.6) is 0 Å². The summed E-state index contributed by atoms with van der Waals surface area (Å²) in [5.41, 5.74) is 1.15. The van der Waals surface area contributed by atoms with E-state index in [-0.39, 0.29) is 24.1 Å². The van der Waals surface area contributed by atoms with E-state index in [4.69, 9.17) is 0 Å². The van der Waals surface area contributed by atoms with Crippen molar-refractivity contribution >= 4 is 5.91 Å². The van der Waals surface area contributed by atoms with Crippen LogP contribution in [0.15, 0.2) is 30.3 Å². The second-order valence-corrected chi connectivity index (χ2v) is 6.85. The normalized spacial score (nSPS) is 31.8. The fourth-order valence-corrected chi connectivity index (χ4v) is 4.23. The van der Waals surface area contributed by atoms with Gasteiger partial charge in [-0.05, 0) is 37.8 Å². The lowest BCUT2D eigenvalue weighted by Gasteiger charge is -2.35. The molecular weight excluding hydrogens is 276 g/mol. The van der Waals surface area contributed by atoms with Crippen molar-refractivity contribution in [3.63, 3.8) is 0 Å². The average Bonchev–Trinajstić information content (AvgIpc) is 2.86. The Hall–Kier alpha value is -1.39. The fourth-order valence-electron chi connectivity index (χ4n) is 4.23. The van der Waals surface area contributed by atoms with E-state index in [2.05, 4.69) is 4.90 Å². The highest BCUT2D eigenvalue weighted by Crippen LogP contribution is 2.39. The van der Waals surface area contributed by atoms with Crippen LogP contribution in [0.2, 0.25) is 0 Å². The Balaban J connectivity index is 1.67. The maximum Gasteiger partial charge on any atom is 0.239 e. The first-order valence-electron chi connectivity index (χ1n) is 8.27. The molecule has 0 radical (unpaired) electrons. The molecule has 1 amide bonds. The molecule has 1 aromatic carbocycles. The summed E-state index contributed by atoms with van der Waals surface area (Å²) in [5.74, 6) is 0.640. The number of likely N-dealkylation sites (tertiary alicyclic amines) is 1. The minimum atomic E-state index is -0.277. The maximum atomic E-state index is 12.8. The highest BCUT2D eigenvalue weighted by molar-refractivity contribution is 5.82. The summed E-state index contributed by atoms with van der Waals surface area (Å²) >= 11 is 0. The third-order valence-corrected chi connectivity index (χ3v) is 5.36. The molecule has 4 nitrogen and oxygen atoms in total. The smallest absolute Gasteiger partial charge is 0.239 e. The molecule has 22 heavy (non-hydrogen) atoms. The molecular formula is C18H26N2O2. The van der Waals surface area contributed by atoms with Gasteiger partial charge in [-0.2, -0.15) is 0 Å². The Kier molecular flexibility index (Phi) is 4.50. The quantitative estimate of drug-likeness (QED) is 0.927. The monoisotopic (exact) mass is 302 g/mol. The molecule has 0 bridgehead atoms. The number of amides is 1. The summed E-state index contributed by atoms with van der Waals surface area (Å²) in [6.07, 6.45) is 3.69. The molecule has 1 saturated carbocycles. The molecule has 0 unspecified atom stereocenters. The molecule has 1 saturated heterocycles. The van der Waals surface area contributed by atoms with Crippen molar-refractivity contribution < 1.29 is 9.90 Å². The van der Waals surface area contributed by atoms with Crippen molar-refractivity contribution in [3.05, 3.63) is 35.9 Å². The number of aliphatic hydroxyl groups is 1. The first-order chi connectivity index (χ1) is 10.6. The molecule has 0 spiro atoms. The second-order valence-electron chi connectivity index (χ2n) is 6.85. The van der Waals surface area contributed by atoms with Crippen molar-refractivity contribution in [2.75, 3.05) is 14.1 Å². The Labute approximate surface area is 132 Å². The number of rotatable bonds is 3. The third-order valence-electron chi connectivity index (χ3n) is 5.36. The summed E-state index contributed by atoms with van der Waals surface area (Å²) in [6.45, 7) is 0.641. The predicted octanol–water partition coefficient (Wildman–Crippen LogP) is 1.88. The van der Waals surface area contributed by atoms with E-state index in [1.54, 1.807) is 0 Å². The number of benzene rings is 1. The van der Waals surface area contributed by atoms with Gasteiger partial charge in [-0.25, -0.2) is 0 Å². The van der Waals surface area contributed by atoms with E-state index in [1.807, 2.05) is 49.3 Å². The molecule has 120 valence electrons. The van der Waals surface area contributed by atoms with Gasteiger partial charge < -0.3 is 10.0 Å². The molecule has 1 aromatic rings. The first kappa shape index (κ1) is 15.5. The van der Waals surface area contributed by atoms with Crippen molar-refractivity contribution in [2.45, 2.75) is 50.4 Å². The van der Waals surface area contributed by atoms with Crippen molar-refractivity contribution in [1.29, 1.82) is 0 Å². The van der Waals surface area contributed by atoms with Gasteiger partial charge in [-0.1, -0.05) is 36.8 Å². The van der Waals surface area contributed by atoms with Gasteiger partial charge in [-0.3, -0.25) is 9.69 Å². The van der Waals surface area contributed by atoms with Crippen molar-refractivity contribution in [3.8, 4) is 0 Å². The van der Waals surface area contributed by atoms with E-state index in [0.29, 0.717) is 12.5 Å². The zero-order valence-corrected chi connectivity index (χ0v) is 13.5. The molecule has 1 aliphatic heterocycles. The standard InChI is InChI=1S/C18H26N2O2/c1-19(12-13-7-4-3-5-8-13)18(22)15-11-14-9-6-10-16(21)17(14)20(15)2/h3-5,7-8,14-17,21H,6,9-12H2,1-2H3/t14-,15-,16-,17+/m0/s1. The molecule has 2 fully saturated rings. The number of carbonyl (C=O) groups excluding carboxylic acids is 1. The molecule has 1 heterocycles. The SMILES string of the molecule is CN(Cc1ccccc1)C(=O)[C@@H]1C[C@@H]2CCC[C@H](O)[C@@H]2N1C. The lowest BCUT2D eigenvalue weighted by molar-refractivity contribution is -0.135. The summed E-state index contributed by atoms with van der Waals surface area (Å²) in [4.78, 5) is 16.8. The van der Waals surface area contributed by atoms with E-state index in [0.717, 1.165) is 31.2 Å². The van der Waals surface area contributed by atoms with E-state index >= 15 is 0 Å². The van der Waals surface area contributed by atoms with Crippen molar-refractivity contribution in [1.82, 2.24) is 9.80 Å². The Morgan fingerprint density at radius 3 is 2.73 bits per heavy atom. The minimum Gasteiger partial charge on any atom is -0.391 e. The van der Waals surface area contributed by atoms with Gasteiger partial charge in [0.05, 0.1) is 12.1 Å². The summed E-state index contributed by atoms with van der Waals surface area (Å²) in [6, 6.07) is 10.2. The van der Waals surface area contributed by atoms with Crippen LogP contribution in [-0.4, -0.2) is 53.1 Å². The molecule has 4 heteroatoms. The van der Waals surface area contributed by atoms with Crippen LogP contribution in [0.25, 0.3) is 0 Å². The maximum absolute atomic E-state index is 12.8. The van der Waals surface area contributed by atoms with Gasteiger partial charge in [0, 0.05) is 19.6 Å². The van der Waals surface area contributed by atoms with Gasteiger partial charge in [0.2, 0.25) is 5.91 Å². The number of likely N-dealkylation sites (N-methyl/N-ethyl adjacent to an activating group) is 2. The number of hydrogen-bond donors (Lipinski definition) is 1. The zero-order chi connectivity index (χ0) is 15.7. The van der Waals surface area contributed by atoms with Crippen LogP contribution in [0.4, 0.5) is 0 Å². The number of fused-ring (bicyclic) bond motifs is 1. The van der Waals surface area contributed by atoms with E-state index in [9.17, 15) is 9.90 Å². The summed E-state index contributed by atoms with van der Waals surface area (Å²) in [5, 5.41) is 10.3. The topological polar surface area (TPSA) is 43.8 Å². The van der Waals surface area contributed by atoms with E-state index in [1.165, 1.54) is 0 Å². The van der Waals surface area contributed by atoms with Gasteiger partial charge in [0.15, 0.2) is 0 Å². The number of nitrogens with zero attached hydrogens (tertiary/aromatic N) is 2. The predicted molar refractivity (Wildman–Crippen MR) is 86.2 cm³/mol. The molecule has 2 aliphatic rings. The van der Waals surface area contributed by atoms with Crippen LogP contribution in [0, 0.1) is 5.92 Å². The Bertz CT molecular complexity index is 519. The highest BCUT2D eigenvalue weighted by Gasteiger charge is 2.47. The Morgan fingerprint density at radius 2 is 2.05 bits per heavy atom. The fraction of sp³-hybridized carbons (Fsp3) is 0.611. The second kappa shape index (κ2) is 6.39. The van der Waals surface area contributed by atoms with Crippen LogP contribution in [-0.2, 0) is 11.3 Å². The Morgan fingerprint density at radius 1 is 1.32 bits per heavy atom. The van der Waals surface area contributed by atoms with Crippen LogP contribution >= 0.6 is 0 Å². The van der Waals surface area contributed by atoms with Gasteiger partial charge >= 0.3 is 0 Å². The van der Waals surface area contributed by atoms with Crippen LogP contribution in [0.1, 0.15) is 31.2 Å². The average molecular weight is 302 g/mol. The largest absolute Gasteiger partial charge is 0.391 e. The molecule has 3 rings (SSSR count). The van der Waals surface area contributed by atoms with Gasteiger partial charge in [0.1, 0.15) is 0 Å². The lowest BCUT2D eigenvalue weighted by Crippen LogP contribution is -2.48. The zero-order valence-electron chi connectivity index (χ0n) is 13.5. The highest BCUT2D eigenvalue weighted by atomic mass is 16.3. The summed E-state index contributed by atoms with van der Waals surface area (Å²) < 4.78 is 0. The molecule has 1 N–H and O–H groups in total. The molecule has 4 atom stereocenters. The number of aliphatic hydroxyl groups excluding tert-OH is 1.